The molecule has 7 nitrogen and oxygen atoms in total. The number of alkyl halides is 5. The number of imidazole rings is 1. The molecule has 200 valence electrons. The van der Waals surface area contributed by atoms with Gasteiger partial charge < -0.3 is 10.2 Å². The minimum absolute atomic E-state index is 0.0425. The Kier molecular flexibility index (Phi) is 6.20. The monoisotopic (exact) mass is 552 g/mol. The molecular formula is C25H22ClF5N6O. The van der Waals surface area contributed by atoms with Crippen LogP contribution >= 0.6 is 11.6 Å². The molecule has 0 spiro atoms. The molecule has 0 aliphatic carbocycles. The summed E-state index contributed by atoms with van der Waals surface area (Å²) in [5.74, 6) is -4.11. The quantitative estimate of drug-likeness (QED) is 0.177. The largest absolute Gasteiger partial charge is 0.434 e. The maximum atomic E-state index is 14.5. The summed E-state index contributed by atoms with van der Waals surface area (Å²) in [5, 5.41) is 3.64. The molecule has 1 fully saturated rings. The number of pyridine rings is 1. The fraction of sp³-hybridized carbons (Fsp3) is 0.360. The van der Waals surface area contributed by atoms with Gasteiger partial charge in [-0.3, -0.25) is 9.20 Å². The molecule has 1 aromatic carbocycles. The van der Waals surface area contributed by atoms with E-state index in [0.29, 0.717) is 28.4 Å². The van der Waals surface area contributed by atoms with Crippen LogP contribution in [0.4, 0.5) is 33.6 Å². The van der Waals surface area contributed by atoms with E-state index in [2.05, 4.69) is 20.3 Å². The van der Waals surface area contributed by atoms with Gasteiger partial charge in [-0.25, -0.2) is 23.7 Å². The zero-order valence-corrected chi connectivity index (χ0v) is 21.2. The molecule has 1 N–H and O–H groups in total. The lowest BCUT2D eigenvalue weighted by Gasteiger charge is -2.22. The summed E-state index contributed by atoms with van der Waals surface area (Å²) >= 11 is 5.89. The van der Waals surface area contributed by atoms with Gasteiger partial charge >= 0.3 is 6.18 Å². The number of carbonyl (C=O) groups is 1. The normalized spacial score (nSPS) is 18.3. The molecule has 1 aliphatic heterocycles. The van der Waals surface area contributed by atoms with Gasteiger partial charge in [0.15, 0.2) is 12.0 Å². The molecule has 13 heteroatoms. The average molecular weight is 553 g/mol. The Labute approximate surface area is 218 Å². The minimum atomic E-state index is -4.74. The van der Waals surface area contributed by atoms with E-state index in [1.807, 2.05) is 0 Å². The zero-order valence-electron chi connectivity index (χ0n) is 20.4. The third-order valence-corrected chi connectivity index (χ3v) is 6.90. The minimum Gasteiger partial charge on any atom is -0.377 e. The van der Waals surface area contributed by atoms with Gasteiger partial charge in [0.1, 0.15) is 16.5 Å². The number of halogens is 6. The fourth-order valence-corrected chi connectivity index (χ4v) is 4.89. The van der Waals surface area contributed by atoms with E-state index in [9.17, 15) is 26.7 Å². The lowest BCUT2D eigenvalue weighted by molar-refractivity contribution is -0.140. The Balaban J connectivity index is 1.72. The van der Waals surface area contributed by atoms with Gasteiger partial charge in [0.25, 0.3) is 5.92 Å². The number of fused-ring (bicyclic) bond motifs is 3. The summed E-state index contributed by atoms with van der Waals surface area (Å²) in [6.07, 6.45) is -3.41. The van der Waals surface area contributed by atoms with Gasteiger partial charge in [-0.2, -0.15) is 13.2 Å². The van der Waals surface area contributed by atoms with Crippen LogP contribution in [0, 0.1) is 12.8 Å². The molecule has 38 heavy (non-hydrogen) atoms. The summed E-state index contributed by atoms with van der Waals surface area (Å²) in [4.78, 5) is 25.3. The van der Waals surface area contributed by atoms with Gasteiger partial charge in [0.2, 0.25) is 5.95 Å². The lowest BCUT2D eigenvalue weighted by Crippen LogP contribution is -2.28. The number of nitrogens with zero attached hydrogens (tertiary/aromatic N) is 5. The van der Waals surface area contributed by atoms with E-state index >= 15 is 0 Å². The van der Waals surface area contributed by atoms with Crippen LogP contribution < -0.4 is 10.2 Å². The topological polar surface area (TPSA) is 75.4 Å². The third kappa shape index (κ3) is 4.50. The Hall–Kier alpha value is -3.54. The Morgan fingerprint density at radius 1 is 1.21 bits per heavy atom. The molecule has 0 amide bonds. The van der Waals surface area contributed by atoms with Crippen LogP contribution in [0.1, 0.15) is 47.2 Å². The van der Waals surface area contributed by atoms with Gasteiger partial charge in [-0.1, -0.05) is 24.6 Å². The molecule has 0 radical (unpaired) electrons. The highest BCUT2D eigenvalue weighted by molar-refractivity contribution is 6.29. The second kappa shape index (κ2) is 9.04. The van der Waals surface area contributed by atoms with Crippen molar-refractivity contribution in [1.82, 2.24) is 19.4 Å². The highest BCUT2D eigenvalue weighted by Gasteiger charge is 2.46. The van der Waals surface area contributed by atoms with Crippen LogP contribution in [0.5, 0.6) is 0 Å². The lowest BCUT2D eigenvalue weighted by atomic mass is 10.0. The number of aldehydes is 1. The molecule has 2 unspecified atom stereocenters. The molecule has 4 aromatic rings. The van der Waals surface area contributed by atoms with Crippen LogP contribution in [0.2, 0.25) is 5.15 Å². The highest BCUT2D eigenvalue weighted by Crippen LogP contribution is 2.39. The smallest absolute Gasteiger partial charge is 0.377 e. The predicted molar refractivity (Wildman–Crippen MR) is 133 cm³/mol. The van der Waals surface area contributed by atoms with Gasteiger partial charge in [0, 0.05) is 29.6 Å². The van der Waals surface area contributed by atoms with Crippen LogP contribution in [-0.4, -0.2) is 44.7 Å². The van der Waals surface area contributed by atoms with E-state index in [1.54, 1.807) is 32.0 Å². The van der Waals surface area contributed by atoms with E-state index < -0.39 is 36.3 Å². The van der Waals surface area contributed by atoms with Crippen molar-refractivity contribution in [3.05, 3.63) is 58.1 Å². The third-order valence-electron chi connectivity index (χ3n) is 6.69. The number of carbonyl (C=O) groups excluding carboxylic acids is 1. The van der Waals surface area contributed by atoms with E-state index in [1.165, 1.54) is 17.9 Å². The maximum absolute atomic E-state index is 14.5. The molecule has 1 saturated heterocycles. The van der Waals surface area contributed by atoms with Crippen molar-refractivity contribution in [2.75, 3.05) is 23.3 Å². The van der Waals surface area contributed by atoms with Crippen molar-refractivity contribution >= 4 is 46.1 Å². The molecule has 2 atom stereocenters. The summed E-state index contributed by atoms with van der Waals surface area (Å²) in [5.41, 5.74) is 0.874. The molecule has 0 saturated carbocycles. The first-order chi connectivity index (χ1) is 17.8. The number of nitrogens with one attached hydrogen (secondary N) is 1. The Morgan fingerprint density at radius 2 is 1.95 bits per heavy atom. The molecular weight excluding hydrogens is 531 g/mol. The molecule has 4 heterocycles. The Bertz CT molecular complexity index is 1570. The van der Waals surface area contributed by atoms with Crippen molar-refractivity contribution in [3.63, 3.8) is 0 Å². The van der Waals surface area contributed by atoms with Crippen molar-refractivity contribution in [2.45, 2.75) is 38.9 Å². The number of rotatable bonds is 5. The van der Waals surface area contributed by atoms with Crippen LogP contribution in [-0.2, 0) is 6.18 Å². The second-order valence-electron chi connectivity index (χ2n) is 9.57. The predicted octanol–water partition coefficient (Wildman–Crippen LogP) is 6.34. The van der Waals surface area contributed by atoms with Gasteiger partial charge in [0.05, 0.1) is 23.8 Å². The van der Waals surface area contributed by atoms with Crippen LogP contribution in [0.25, 0.3) is 16.6 Å². The summed E-state index contributed by atoms with van der Waals surface area (Å²) < 4.78 is 71.0. The Morgan fingerprint density at radius 3 is 2.58 bits per heavy atom. The fourth-order valence-electron chi connectivity index (χ4n) is 4.73. The number of aryl methyl sites for hydroxylation is 1. The van der Waals surface area contributed by atoms with Gasteiger partial charge in [-0.05, 0) is 37.6 Å². The summed E-state index contributed by atoms with van der Waals surface area (Å²) in [7, 11) is 0. The average Bonchev–Trinajstić information content (AvgIpc) is 3.40. The number of benzene rings is 1. The summed E-state index contributed by atoms with van der Waals surface area (Å²) in [6.45, 7) is 4.17. The number of hydrogen-bond acceptors (Lipinski definition) is 6. The molecule has 5 rings (SSSR count). The SMILES string of the molecule is Cc1cc(C(C)Nc2ccc(Cl)nc2C=O)c2nc(N3CC(C)C(F)(F)C3)n3cc(C(F)(F)F)nc3c2c1. The van der Waals surface area contributed by atoms with E-state index in [0.717, 1.165) is 16.2 Å². The molecule has 3 aromatic heterocycles. The van der Waals surface area contributed by atoms with Crippen molar-refractivity contribution in [2.24, 2.45) is 5.92 Å². The number of anilines is 2. The number of aromatic nitrogens is 4. The zero-order chi connectivity index (χ0) is 27.6. The molecule has 1 aliphatic rings. The van der Waals surface area contributed by atoms with E-state index in [-0.39, 0.29) is 29.0 Å². The van der Waals surface area contributed by atoms with Gasteiger partial charge in [-0.15, -0.1) is 0 Å². The van der Waals surface area contributed by atoms with Crippen LogP contribution in [0.3, 0.4) is 0 Å². The standard InChI is InChI=1S/C25H22ClF5N6O/c1-12-6-15(14(3)32-17-4-5-20(26)33-18(17)10-38)21-16(7-12)22-34-19(25(29,30)31)9-37(22)23(35-21)36-8-13(2)24(27,28)11-36/h4-7,9-10,13-14,32H,8,11H2,1-3H3. The van der Waals surface area contributed by atoms with Crippen molar-refractivity contribution in [3.8, 4) is 0 Å². The first-order valence-corrected chi connectivity index (χ1v) is 12.1. The van der Waals surface area contributed by atoms with Crippen LogP contribution in [0.15, 0.2) is 30.5 Å². The van der Waals surface area contributed by atoms with Crippen molar-refractivity contribution < 1.29 is 26.7 Å². The highest BCUT2D eigenvalue weighted by atomic mass is 35.5. The number of hydrogen-bond donors (Lipinski definition) is 1. The summed E-state index contributed by atoms with van der Waals surface area (Å²) in [6, 6.07) is 6.04. The first-order valence-electron chi connectivity index (χ1n) is 11.7. The first kappa shape index (κ1) is 26.1. The second-order valence-corrected chi connectivity index (χ2v) is 9.96. The van der Waals surface area contributed by atoms with Crippen molar-refractivity contribution in [1.29, 1.82) is 0 Å². The van der Waals surface area contributed by atoms with E-state index in [4.69, 9.17) is 11.6 Å². The maximum Gasteiger partial charge on any atom is 0.434 e. The molecule has 0 bridgehead atoms.